The van der Waals surface area contributed by atoms with Crippen LogP contribution in [0.25, 0.3) is 0 Å². The average molecular weight is 409 g/mol. The minimum atomic E-state index is -3.56. The SMILES string of the molecule is CC#CCOC1CCN(S(=O)(=O)CC(CCc2ccccc2)NC(=O)O)CC1. The van der Waals surface area contributed by atoms with Crippen molar-refractivity contribution in [3.05, 3.63) is 35.9 Å². The lowest BCUT2D eigenvalue weighted by molar-refractivity contribution is 0.0409. The van der Waals surface area contributed by atoms with Crippen LogP contribution in [0.5, 0.6) is 0 Å². The number of rotatable bonds is 9. The molecule has 8 heteroatoms. The molecule has 0 aromatic heterocycles. The maximum Gasteiger partial charge on any atom is 0.404 e. The highest BCUT2D eigenvalue weighted by atomic mass is 32.2. The van der Waals surface area contributed by atoms with Crippen LogP contribution in [0, 0.1) is 11.8 Å². The van der Waals surface area contributed by atoms with Gasteiger partial charge in [-0.15, -0.1) is 5.92 Å². The summed E-state index contributed by atoms with van der Waals surface area (Å²) in [6.45, 7) is 2.87. The van der Waals surface area contributed by atoms with E-state index in [4.69, 9.17) is 9.84 Å². The number of sulfonamides is 1. The van der Waals surface area contributed by atoms with Crippen molar-refractivity contribution in [2.75, 3.05) is 25.4 Å². The number of carboxylic acid groups (broad SMARTS) is 1. The smallest absolute Gasteiger partial charge is 0.404 e. The van der Waals surface area contributed by atoms with Gasteiger partial charge in [0.25, 0.3) is 0 Å². The van der Waals surface area contributed by atoms with Gasteiger partial charge in [0.2, 0.25) is 10.0 Å². The van der Waals surface area contributed by atoms with Gasteiger partial charge in [-0.05, 0) is 38.2 Å². The molecule has 2 N–H and O–H groups in total. The lowest BCUT2D eigenvalue weighted by Gasteiger charge is -2.32. The van der Waals surface area contributed by atoms with Gasteiger partial charge in [0.1, 0.15) is 6.61 Å². The molecule has 0 bridgehead atoms. The number of hydrogen-bond donors (Lipinski definition) is 2. The maximum absolute atomic E-state index is 12.8. The molecule has 0 radical (unpaired) electrons. The van der Waals surface area contributed by atoms with Crippen molar-refractivity contribution in [3.63, 3.8) is 0 Å². The first-order chi connectivity index (χ1) is 13.4. The van der Waals surface area contributed by atoms with Crippen molar-refractivity contribution in [2.24, 2.45) is 0 Å². The molecule has 1 unspecified atom stereocenters. The number of aryl methyl sites for hydroxylation is 1. The second kappa shape index (κ2) is 11.1. The van der Waals surface area contributed by atoms with Gasteiger partial charge in [-0.2, -0.15) is 0 Å². The summed E-state index contributed by atoms with van der Waals surface area (Å²) < 4.78 is 32.6. The van der Waals surface area contributed by atoms with Crippen LogP contribution < -0.4 is 5.32 Å². The summed E-state index contributed by atoms with van der Waals surface area (Å²) in [6.07, 6.45) is 1.06. The number of piperidine rings is 1. The Bertz CT molecular complexity index is 778. The molecule has 7 nitrogen and oxygen atoms in total. The molecular formula is C20H28N2O5S. The first-order valence-corrected chi connectivity index (χ1v) is 11.0. The van der Waals surface area contributed by atoms with Gasteiger partial charge in [-0.3, -0.25) is 0 Å². The fraction of sp³-hybridized carbons (Fsp3) is 0.550. The standard InChI is InChI=1S/C20H28N2O5S/c1-2-3-15-27-19-11-13-22(14-12-19)28(25,26)16-18(21-20(23)24)10-9-17-7-5-4-6-8-17/h4-8,18-19,21H,9-16H2,1H3,(H,23,24). The molecule has 0 aliphatic carbocycles. The topological polar surface area (TPSA) is 95.9 Å². The molecule has 1 heterocycles. The Morgan fingerprint density at radius 3 is 2.61 bits per heavy atom. The molecule has 2 rings (SSSR count). The Hall–Kier alpha value is -2.08. The van der Waals surface area contributed by atoms with Crippen LogP contribution in [0.4, 0.5) is 4.79 Å². The molecule has 28 heavy (non-hydrogen) atoms. The van der Waals surface area contributed by atoms with E-state index in [0.29, 0.717) is 45.4 Å². The molecule has 1 fully saturated rings. The Kier molecular flexibility index (Phi) is 8.77. The molecule has 1 atom stereocenters. The van der Waals surface area contributed by atoms with Crippen LogP contribution in [0.15, 0.2) is 30.3 Å². The molecule has 0 saturated carbocycles. The normalized spacial score (nSPS) is 16.8. The Labute approximate surface area is 167 Å². The number of carbonyl (C=O) groups is 1. The molecule has 1 aliphatic heterocycles. The quantitative estimate of drug-likeness (QED) is 0.610. The second-order valence-electron chi connectivity index (χ2n) is 6.79. The maximum atomic E-state index is 12.8. The molecule has 1 aromatic carbocycles. The van der Waals surface area contributed by atoms with Gasteiger partial charge in [-0.25, -0.2) is 17.5 Å². The largest absolute Gasteiger partial charge is 0.465 e. The van der Waals surface area contributed by atoms with E-state index in [1.165, 1.54) is 4.31 Å². The number of ether oxygens (including phenoxy) is 1. The lowest BCUT2D eigenvalue weighted by Crippen LogP contribution is -2.47. The van der Waals surface area contributed by atoms with Crippen LogP contribution >= 0.6 is 0 Å². The summed E-state index contributed by atoms with van der Waals surface area (Å²) >= 11 is 0. The number of nitrogens with one attached hydrogen (secondary N) is 1. The van der Waals surface area contributed by atoms with Gasteiger partial charge in [-0.1, -0.05) is 36.3 Å². The third kappa shape index (κ3) is 7.50. The molecule has 0 spiro atoms. The van der Waals surface area contributed by atoms with Crippen molar-refractivity contribution in [1.29, 1.82) is 0 Å². The third-order valence-electron chi connectivity index (χ3n) is 4.73. The van der Waals surface area contributed by atoms with Crippen LogP contribution in [0.1, 0.15) is 31.7 Å². The first-order valence-electron chi connectivity index (χ1n) is 9.43. The Morgan fingerprint density at radius 2 is 2.00 bits per heavy atom. The molecule has 1 aliphatic rings. The summed E-state index contributed by atoms with van der Waals surface area (Å²) in [5.74, 6) is 5.37. The van der Waals surface area contributed by atoms with Gasteiger partial charge < -0.3 is 15.2 Å². The zero-order chi connectivity index (χ0) is 20.4. The van der Waals surface area contributed by atoms with E-state index >= 15 is 0 Å². The van der Waals surface area contributed by atoms with E-state index in [1.807, 2.05) is 30.3 Å². The molecule has 1 saturated heterocycles. The molecule has 1 amide bonds. The highest BCUT2D eigenvalue weighted by Gasteiger charge is 2.31. The summed E-state index contributed by atoms with van der Waals surface area (Å²) in [6, 6.07) is 8.95. The summed E-state index contributed by atoms with van der Waals surface area (Å²) in [5.41, 5.74) is 1.05. The summed E-state index contributed by atoms with van der Waals surface area (Å²) in [7, 11) is -3.56. The van der Waals surface area contributed by atoms with Gasteiger partial charge in [0.15, 0.2) is 0 Å². The molecule has 1 aromatic rings. The molecule has 154 valence electrons. The summed E-state index contributed by atoms with van der Waals surface area (Å²) in [5, 5.41) is 11.4. The predicted molar refractivity (Wildman–Crippen MR) is 107 cm³/mol. The third-order valence-corrected chi connectivity index (χ3v) is 6.70. The van der Waals surface area contributed by atoms with E-state index in [0.717, 1.165) is 5.56 Å². The average Bonchev–Trinajstić information content (AvgIpc) is 2.67. The van der Waals surface area contributed by atoms with Crippen molar-refractivity contribution in [2.45, 2.75) is 44.8 Å². The van der Waals surface area contributed by atoms with Crippen molar-refractivity contribution < 1.29 is 23.1 Å². The van der Waals surface area contributed by atoms with E-state index < -0.39 is 22.2 Å². The monoisotopic (exact) mass is 408 g/mol. The Balaban J connectivity index is 1.90. The van der Waals surface area contributed by atoms with Gasteiger partial charge in [0, 0.05) is 19.1 Å². The minimum Gasteiger partial charge on any atom is -0.465 e. The first kappa shape index (κ1) is 22.2. The van der Waals surface area contributed by atoms with Crippen molar-refractivity contribution in [3.8, 4) is 11.8 Å². The van der Waals surface area contributed by atoms with Crippen LogP contribution in [-0.4, -0.2) is 61.5 Å². The highest BCUT2D eigenvalue weighted by Crippen LogP contribution is 2.18. The minimum absolute atomic E-state index is 0.0123. The van der Waals surface area contributed by atoms with Gasteiger partial charge in [0.05, 0.1) is 11.9 Å². The number of amides is 1. The summed E-state index contributed by atoms with van der Waals surface area (Å²) in [4.78, 5) is 11.1. The van der Waals surface area contributed by atoms with Gasteiger partial charge >= 0.3 is 6.09 Å². The number of nitrogens with zero attached hydrogens (tertiary/aromatic N) is 1. The fourth-order valence-electron chi connectivity index (χ4n) is 3.23. The lowest BCUT2D eigenvalue weighted by atomic mass is 10.1. The fourth-order valence-corrected chi connectivity index (χ4v) is 4.96. The number of hydrogen-bond acceptors (Lipinski definition) is 4. The van der Waals surface area contributed by atoms with E-state index in [1.54, 1.807) is 6.92 Å². The van der Waals surface area contributed by atoms with E-state index in [2.05, 4.69) is 17.2 Å². The Morgan fingerprint density at radius 1 is 1.32 bits per heavy atom. The predicted octanol–water partition coefficient (Wildman–Crippen LogP) is 2.09. The van der Waals surface area contributed by atoms with E-state index in [-0.39, 0.29) is 11.9 Å². The van der Waals surface area contributed by atoms with Crippen LogP contribution in [0.2, 0.25) is 0 Å². The van der Waals surface area contributed by atoms with Crippen molar-refractivity contribution in [1.82, 2.24) is 9.62 Å². The molecular weight excluding hydrogens is 380 g/mol. The zero-order valence-corrected chi connectivity index (χ0v) is 17.0. The number of benzene rings is 1. The van der Waals surface area contributed by atoms with Crippen LogP contribution in [0.3, 0.4) is 0 Å². The van der Waals surface area contributed by atoms with E-state index in [9.17, 15) is 13.2 Å². The van der Waals surface area contributed by atoms with Crippen LogP contribution in [-0.2, 0) is 21.2 Å². The second-order valence-corrected chi connectivity index (χ2v) is 8.80. The highest BCUT2D eigenvalue weighted by molar-refractivity contribution is 7.89. The zero-order valence-electron chi connectivity index (χ0n) is 16.1. The van der Waals surface area contributed by atoms with Crippen molar-refractivity contribution >= 4 is 16.1 Å².